The molecular weight excluding hydrogens is 232 g/mol. The number of hydrogen-bond acceptors (Lipinski definition) is 2. The Kier molecular flexibility index (Phi) is 4.19. The summed E-state index contributed by atoms with van der Waals surface area (Å²) in [5.74, 6) is 0.839. The Labute approximate surface area is 118 Å². The molecule has 1 saturated heterocycles. The smallest absolute Gasteiger partial charge is 0.0414 e. The molecule has 0 aliphatic carbocycles. The van der Waals surface area contributed by atoms with Crippen molar-refractivity contribution < 1.29 is 0 Å². The first-order valence-corrected chi connectivity index (χ1v) is 7.49. The molecule has 1 aromatic carbocycles. The molecule has 1 aliphatic rings. The van der Waals surface area contributed by atoms with Crippen molar-refractivity contribution in [3.8, 4) is 0 Å². The monoisotopic (exact) mass is 260 g/mol. The van der Waals surface area contributed by atoms with Gasteiger partial charge in [-0.3, -0.25) is 0 Å². The third kappa shape index (κ3) is 3.30. The quantitative estimate of drug-likeness (QED) is 0.872. The Morgan fingerprint density at radius 3 is 2.26 bits per heavy atom. The molecule has 106 valence electrons. The van der Waals surface area contributed by atoms with Crippen molar-refractivity contribution in [1.29, 1.82) is 0 Å². The normalized spacial score (nSPS) is 19.5. The highest BCUT2D eigenvalue weighted by Crippen LogP contribution is 2.36. The van der Waals surface area contributed by atoms with Crippen LogP contribution in [-0.4, -0.2) is 13.1 Å². The second-order valence-corrected chi connectivity index (χ2v) is 6.97. The minimum Gasteiger partial charge on any atom is -0.371 e. The first kappa shape index (κ1) is 14.4. The number of para-hydroxylation sites is 1. The van der Waals surface area contributed by atoms with E-state index in [0.29, 0.717) is 5.41 Å². The first-order chi connectivity index (χ1) is 8.89. The van der Waals surface area contributed by atoms with E-state index in [4.69, 9.17) is 5.73 Å². The number of nitrogens with two attached hydrogens (primary N) is 1. The van der Waals surface area contributed by atoms with Crippen LogP contribution >= 0.6 is 0 Å². The van der Waals surface area contributed by atoms with Crippen molar-refractivity contribution in [2.24, 2.45) is 17.1 Å². The third-order valence-corrected chi connectivity index (χ3v) is 4.49. The van der Waals surface area contributed by atoms with Crippen LogP contribution in [0.1, 0.15) is 52.1 Å². The molecule has 0 spiro atoms. The van der Waals surface area contributed by atoms with Gasteiger partial charge in [0.1, 0.15) is 0 Å². The SMILES string of the molecule is C[C@@H](N)c1ccccc1N1CCC(C(C)(C)C)CC1. The second-order valence-electron chi connectivity index (χ2n) is 6.97. The number of piperidine rings is 1. The van der Waals surface area contributed by atoms with Crippen molar-refractivity contribution in [1.82, 2.24) is 0 Å². The molecule has 1 aromatic rings. The average molecular weight is 260 g/mol. The molecule has 2 rings (SSSR count). The number of rotatable bonds is 2. The highest BCUT2D eigenvalue weighted by Gasteiger charge is 2.29. The number of nitrogens with zero attached hydrogens (tertiary/aromatic N) is 1. The van der Waals surface area contributed by atoms with E-state index in [1.165, 1.54) is 24.1 Å². The van der Waals surface area contributed by atoms with Crippen molar-refractivity contribution in [2.45, 2.75) is 46.6 Å². The molecule has 19 heavy (non-hydrogen) atoms. The first-order valence-electron chi connectivity index (χ1n) is 7.49. The fourth-order valence-electron chi connectivity index (χ4n) is 3.15. The Morgan fingerprint density at radius 1 is 1.16 bits per heavy atom. The van der Waals surface area contributed by atoms with Gasteiger partial charge in [0.2, 0.25) is 0 Å². The van der Waals surface area contributed by atoms with Crippen LogP contribution in [0.25, 0.3) is 0 Å². The van der Waals surface area contributed by atoms with Gasteiger partial charge in [-0.25, -0.2) is 0 Å². The summed E-state index contributed by atoms with van der Waals surface area (Å²) in [5.41, 5.74) is 9.14. The molecule has 2 heteroatoms. The molecule has 2 N–H and O–H groups in total. The average Bonchev–Trinajstić information content (AvgIpc) is 2.38. The summed E-state index contributed by atoms with van der Waals surface area (Å²) in [6.07, 6.45) is 2.58. The van der Waals surface area contributed by atoms with Crippen LogP contribution in [-0.2, 0) is 0 Å². The third-order valence-electron chi connectivity index (χ3n) is 4.49. The van der Waals surface area contributed by atoms with E-state index in [-0.39, 0.29) is 6.04 Å². The number of benzene rings is 1. The largest absolute Gasteiger partial charge is 0.371 e. The summed E-state index contributed by atoms with van der Waals surface area (Å²) in [7, 11) is 0. The van der Waals surface area contributed by atoms with Gasteiger partial charge in [-0.05, 0) is 42.7 Å². The predicted octanol–water partition coefficient (Wildman–Crippen LogP) is 3.97. The van der Waals surface area contributed by atoms with Gasteiger partial charge in [-0.1, -0.05) is 39.0 Å². The Bertz CT molecular complexity index is 410. The van der Waals surface area contributed by atoms with Crippen LogP contribution in [0.5, 0.6) is 0 Å². The van der Waals surface area contributed by atoms with Crippen molar-refractivity contribution >= 4 is 5.69 Å². The lowest BCUT2D eigenvalue weighted by Gasteiger charge is -2.40. The van der Waals surface area contributed by atoms with E-state index in [0.717, 1.165) is 19.0 Å². The number of hydrogen-bond donors (Lipinski definition) is 1. The maximum absolute atomic E-state index is 6.09. The highest BCUT2D eigenvalue weighted by atomic mass is 15.1. The minimum atomic E-state index is 0.108. The van der Waals surface area contributed by atoms with Crippen LogP contribution in [0.2, 0.25) is 0 Å². The van der Waals surface area contributed by atoms with Crippen LogP contribution < -0.4 is 10.6 Å². The molecule has 1 aliphatic heterocycles. The van der Waals surface area contributed by atoms with Gasteiger partial charge in [-0.15, -0.1) is 0 Å². The van der Waals surface area contributed by atoms with E-state index >= 15 is 0 Å². The van der Waals surface area contributed by atoms with Gasteiger partial charge in [0, 0.05) is 24.8 Å². The maximum Gasteiger partial charge on any atom is 0.0414 e. The lowest BCUT2D eigenvalue weighted by atomic mass is 9.75. The summed E-state index contributed by atoms with van der Waals surface area (Å²) in [5, 5.41) is 0. The lowest BCUT2D eigenvalue weighted by molar-refractivity contribution is 0.199. The zero-order chi connectivity index (χ0) is 14.0. The Balaban J connectivity index is 2.10. The van der Waals surface area contributed by atoms with Crippen LogP contribution in [0.4, 0.5) is 5.69 Å². The standard InChI is InChI=1S/C17H28N2/c1-13(18)15-7-5-6-8-16(15)19-11-9-14(10-12-19)17(2,3)4/h5-8,13-14H,9-12,18H2,1-4H3/t13-/m1/s1. The van der Waals surface area contributed by atoms with Gasteiger partial charge < -0.3 is 10.6 Å². The molecule has 0 bridgehead atoms. The van der Waals surface area contributed by atoms with Crippen LogP contribution in [0.3, 0.4) is 0 Å². The van der Waals surface area contributed by atoms with Crippen molar-refractivity contribution in [3.05, 3.63) is 29.8 Å². The Hall–Kier alpha value is -1.02. The lowest BCUT2D eigenvalue weighted by Crippen LogP contribution is -2.38. The van der Waals surface area contributed by atoms with Crippen LogP contribution in [0.15, 0.2) is 24.3 Å². The van der Waals surface area contributed by atoms with Gasteiger partial charge in [0.25, 0.3) is 0 Å². The second kappa shape index (κ2) is 5.54. The fourth-order valence-corrected chi connectivity index (χ4v) is 3.15. The molecule has 1 heterocycles. The minimum absolute atomic E-state index is 0.108. The van der Waals surface area contributed by atoms with Crippen LogP contribution in [0, 0.1) is 11.3 Å². The van der Waals surface area contributed by atoms with E-state index < -0.39 is 0 Å². The number of anilines is 1. The fraction of sp³-hybridized carbons (Fsp3) is 0.647. The van der Waals surface area contributed by atoms with E-state index in [1.54, 1.807) is 0 Å². The molecule has 0 amide bonds. The van der Waals surface area contributed by atoms with Gasteiger partial charge in [-0.2, -0.15) is 0 Å². The van der Waals surface area contributed by atoms with Gasteiger partial charge >= 0.3 is 0 Å². The van der Waals surface area contributed by atoms with Gasteiger partial charge in [0.05, 0.1) is 0 Å². The maximum atomic E-state index is 6.09. The Morgan fingerprint density at radius 2 is 1.74 bits per heavy atom. The summed E-state index contributed by atoms with van der Waals surface area (Å²) >= 11 is 0. The van der Waals surface area contributed by atoms with E-state index in [2.05, 4.69) is 56.9 Å². The highest BCUT2D eigenvalue weighted by molar-refractivity contribution is 5.55. The molecule has 1 fully saturated rings. The summed E-state index contributed by atoms with van der Waals surface area (Å²) in [4.78, 5) is 2.51. The van der Waals surface area contributed by atoms with Crippen molar-refractivity contribution in [2.75, 3.05) is 18.0 Å². The predicted molar refractivity (Wildman–Crippen MR) is 83.4 cm³/mol. The summed E-state index contributed by atoms with van der Waals surface area (Å²) < 4.78 is 0. The molecule has 0 radical (unpaired) electrons. The molecular formula is C17H28N2. The summed E-state index contributed by atoms with van der Waals surface area (Å²) in [6, 6.07) is 8.70. The van der Waals surface area contributed by atoms with E-state index in [1.807, 2.05) is 0 Å². The molecule has 1 atom stereocenters. The zero-order valence-electron chi connectivity index (χ0n) is 12.8. The molecule has 0 aromatic heterocycles. The molecule has 0 unspecified atom stereocenters. The summed E-state index contributed by atoms with van der Waals surface area (Å²) in [6.45, 7) is 11.5. The topological polar surface area (TPSA) is 29.3 Å². The molecule has 0 saturated carbocycles. The zero-order valence-corrected chi connectivity index (χ0v) is 12.8. The molecule has 2 nitrogen and oxygen atoms in total. The van der Waals surface area contributed by atoms with E-state index in [9.17, 15) is 0 Å². The van der Waals surface area contributed by atoms with Gasteiger partial charge in [0.15, 0.2) is 0 Å². The van der Waals surface area contributed by atoms with Crippen molar-refractivity contribution in [3.63, 3.8) is 0 Å².